The Kier molecular flexibility index (Phi) is 9.38. The van der Waals surface area contributed by atoms with Crippen molar-refractivity contribution >= 4 is 34.4 Å². The number of hydrogen-bond donors (Lipinski definition) is 2. The van der Waals surface area contributed by atoms with Crippen LogP contribution in [-0.4, -0.2) is 46.1 Å². The zero-order chi connectivity index (χ0) is 27.9. The number of aliphatic hydroxyl groups is 1. The summed E-state index contributed by atoms with van der Waals surface area (Å²) in [4.78, 5) is 33.0. The summed E-state index contributed by atoms with van der Waals surface area (Å²) >= 11 is 6.33. The molecule has 1 aromatic heterocycles. The summed E-state index contributed by atoms with van der Waals surface area (Å²) in [6.45, 7) is 5.93. The highest BCUT2D eigenvalue weighted by atomic mass is 35.5. The Morgan fingerprint density at radius 2 is 1.77 bits per heavy atom. The van der Waals surface area contributed by atoms with Gasteiger partial charge in [-0.05, 0) is 81.5 Å². The molecule has 0 amide bonds. The first-order valence-corrected chi connectivity index (χ1v) is 13.5. The van der Waals surface area contributed by atoms with E-state index in [9.17, 15) is 14.7 Å². The smallest absolute Gasteiger partial charge is 0.338 e. The van der Waals surface area contributed by atoms with Crippen LogP contribution in [0.15, 0.2) is 60.7 Å². The van der Waals surface area contributed by atoms with E-state index in [4.69, 9.17) is 21.1 Å². The van der Waals surface area contributed by atoms with E-state index in [2.05, 4.69) is 9.97 Å². The zero-order valence-electron chi connectivity index (χ0n) is 22.4. The SMILES string of the molecule is CCOC(=O)c1ccc2nc(-c3ccc(C[C@@H](CCO)CC(=O)c4ccc(OC(C)C)c(Cl)c4)cc3)[nH]c2c1. The Balaban J connectivity index is 1.44. The minimum atomic E-state index is -0.365. The van der Waals surface area contributed by atoms with Crippen LogP contribution in [0.3, 0.4) is 0 Å². The topological polar surface area (TPSA) is 102 Å². The molecule has 0 aliphatic rings. The lowest BCUT2D eigenvalue weighted by atomic mass is 9.89. The molecule has 1 heterocycles. The quantitative estimate of drug-likeness (QED) is 0.152. The molecule has 3 aromatic carbocycles. The van der Waals surface area contributed by atoms with E-state index in [0.717, 1.165) is 22.2 Å². The third-order valence-corrected chi connectivity index (χ3v) is 6.67. The lowest BCUT2D eigenvalue weighted by Gasteiger charge is -2.16. The number of Topliss-reactive ketones (excluding diaryl/α,β-unsaturated/α-hetero) is 1. The number of ether oxygens (including phenoxy) is 2. The lowest BCUT2D eigenvalue weighted by Crippen LogP contribution is -2.13. The van der Waals surface area contributed by atoms with E-state index in [0.29, 0.717) is 53.6 Å². The van der Waals surface area contributed by atoms with Crippen LogP contribution in [0.2, 0.25) is 5.02 Å². The number of aliphatic hydroxyl groups excluding tert-OH is 1. The standard InChI is InChI=1S/C31H33ClN2O5/c1-4-38-31(37)24-9-11-26-27(18-24)34-30(33-26)22-7-5-20(6-8-22)15-21(13-14-35)16-28(36)23-10-12-29(25(32)17-23)39-19(2)3/h5-12,17-19,21,35H,4,13-16H2,1-3H3,(H,33,34)/t21-/m1/s1. The number of carbonyl (C=O) groups excluding carboxylic acids is 2. The average molecular weight is 549 g/mol. The normalized spacial score (nSPS) is 12.1. The first-order chi connectivity index (χ1) is 18.8. The molecule has 4 aromatic rings. The molecule has 2 N–H and O–H groups in total. The van der Waals surface area contributed by atoms with Crippen molar-refractivity contribution in [2.75, 3.05) is 13.2 Å². The predicted molar refractivity (Wildman–Crippen MR) is 153 cm³/mol. The Morgan fingerprint density at radius 1 is 1.03 bits per heavy atom. The van der Waals surface area contributed by atoms with Gasteiger partial charge in [-0.2, -0.15) is 0 Å². The summed E-state index contributed by atoms with van der Waals surface area (Å²) in [5.74, 6) is 0.843. The second-order valence-electron chi connectivity index (χ2n) is 9.76. The van der Waals surface area contributed by atoms with Crippen LogP contribution >= 0.6 is 11.6 Å². The second kappa shape index (κ2) is 12.9. The molecule has 4 rings (SSSR count). The van der Waals surface area contributed by atoms with Crippen molar-refractivity contribution in [1.82, 2.24) is 9.97 Å². The highest BCUT2D eigenvalue weighted by molar-refractivity contribution is 6.32. The summed E-state index contributed by atoms with van der Waals surface area (Å²) < 4.78 is 10.7. The van der Waals surface area contributed by atoms with Gasteiger partial charge in [-0.3, -0.25) is 4.79 Å². The first-order valence-electron chi connectivity index (χ1n) is 13.1. The Labute approximate surface area is 233 Å². The molecule has 0 aliphatic carbocycles. The summed E-state index contributed by atoms with van der Waals surface area (Å²) in [6.07, 6.45) is 1.45. The molecule has 0 saturated carbocycles. The van der Waals surface area contributed by atoms with Crippen molar-refractivity contribution < 1.29 is 24.2 Å². The van der Waals surface area contributed by atoms with Crippen molar-refractivity contribution in [1.29, 1.82) is 0 Å². The molecule has 1 atom stereocenters. The highest BCUT2D eigenvalue weighted by Crippen LogP contribution is 2.29. The van der Waals surface area contributed by atoms with E-state index in [-0.39, 0.29) is 30.4 Å². The Morgan fingerprint density at radius 3 is 2.44 bits per heavy atom. The molecule has 7 nitrogen and oxygen atoms in total. The minimum Gasteiger partial charge on any atom is -0.489 e. The van der Waals surface area contributed by atoms with Gasteiger partial charge in [-0.25, -0.2) is 9.78 Å². The summed E-state index contributed by atoms with van der Waals surface area (Å²) in [6, 6.07) is 18.3. The number of aromatic amines is 1. The third-order valence-electron chi connectivity index (χ3n) is 6.37. The van der Waals surface area contributed by atoms with Gasteiger partial charge in [0.25, 0.3) is 0 Å². The summed E-state index contributed by atoms with van der Waals surface area (Å²) in [5.41, 5.74) is 4.48. The van der Waals surface area contributed by atoms with Gasteiger partial charge in [-0.1, -0.05) is 35.9 Å². The molecule has 39 heavy (non-hydrogen) atoms. The van der Waals surface area contributed by atoms with Crippen LogP contribution < -0.4 is 4.74 Å². The van der Waals surface area contributed by atoms with Gasteiger partial charge in [0.15, 0.2) is 5.78 Å². The number of nitrogens with zero attached hydrogens (tertiary/aromatic N) is 1. The number of aromatic nitrogens is 2. The predicted octanol–water partition coefficient (Wildman–Crippen LogP) is 6.66. The Hall–Kier alpha value is -3.68. The number of halogens is 1. The van der Waals surface area contributed by atoms with Gasteiger partial charge in [0.2, 0.25) is 0 Å². The number of hydrogen-bond acceptors (Lipinski definition) is 6. The van der Waals surface area contributed by atoms with Gasteiger partial charge in [0.1, 0.15) is 11.6 Å². The lowest BCUT2D eigenvalue weighted by molar-refractivity contribution is 0.0526. The summed E-state index contributed by atoms with van der Waals surface area (Å²) in [7, 11) is 0. The van der Waals surface area contributed by atoms with Crippen LogP contribution in [0.25, 0.3) is 22.4 Å². The molecule has 0 fully saturated rings. The maximum absolute atomic E-state index is 13.0. The van der Waals surface area contributed by atoms with Crippen LogP contribution in [0, 0.1) is 5.92 Å². The number of nitrogens with one attached hydrogen (secondary N) is 1. The number of imidazole rings is 1. The highest BCUT2D eigenvalue weighted by Gasteiger charge is 2.18. The van der Waals surface area contributed by atoms with E-state index in [1.807, 2.05) is 38.1 Å². The largest absolute Gasteiger partial charge is 0.489 e. The number of benzene rings is 3. The molecule has 0 spiro atoms. The number of fused-ring (bicyclic) bond motifs is 1. The van der Waals surface area contributed by atoms with Gasteiger partial charge in [0, 0.05) is 24.2 Å². The van der Waals surface area contributed by atoms with Gasteiger partial charge in [-0.15, -0.1) is 0 Å². The third kappa shape index (κ3) is 7.25. The second-order valence-corrected chi connectivity index (χ2v) is 10.2. The molecule has 0 bridgehead atoms. The van der Waals surface area contributed by atoms with Crippen molar-refractivity contribution in [2.24, 2.45) is 5.92 Å². The molecule has 0 unspecified atom stereocenters. The fourth-order valence-electron chi connectivity index (χ4n) is 4.48. The van der Waals surface area contributed by atoms with Crippen molar-refractivity contribution in [3.05, 3.63) is 82.4 Å². The van der Waals surface area contributed by atoms with Gasteiger partial charge < -0.3 is 19.6 Å². The van der Waals surface area contributed by atoms with E-state index in [1.165, 1.54) is 0 Å². The Bertz CT molecular complexity index is 1450. The number of ketones is 1. The maximum atomic E-state index is 13.0. The van der Waals surface area contributed by atoms with Crippen LogP contribution in [0.4, 0.5) is 0 Å². The fraction of sp³-hybridized carbons (Fsp3) is 0.323. The number of H-pyrrole nitrogens is 1. The zero-order valence-corrected chi connectivity index (χ0v) is 23.1. The van der Waals surface area contributed by atoms with Crippen molar-refractivity contribution in [2.45, 2.75) is 46.1 Å². The maximum Gasteiger partial charge on any atom is 0.338 e. The molecule has 0 saturated heterocycles. The molecule has 8 heteroatoms. The number of carbonyl (C=O) groups is 2. The first kappa shape index (κ1) is 28.3. The monoisotopic (exact) mass is 548 g/mol. The molecule has 0 radical (unpaired) electrons. The van der Waals surface area contributed by atoms with Crippen molar-refractivity contribution in [3.63, 3.8) is 0 Å². The van der Waals surface area contributed by atoms with E-state index < -0.39 is 0 Å². The number of rotatable bonds is 12. The van der Waals surface area contributed by atoms with E-state index >= 15 is 0 Å². The van der Waals surface area contributed by atoms with Crippen LogP contribution in [-0.2, 0) is 11.2 Å². The molecule has 204 valence electrons. The van der Waals surface area contributed by atoms with Crippen LogP contribution in [0.5, 0.6) is 5.75 Å². The van der Waals surface area contributed by atoms with E-state index in [1.54, 1.807) is 43.3 Å². The molecule has 0 aliphatic heterocycles. The van der Waals surface area contributed by atoms with Gasteiger partial charge in [0.05, 0.1) is 34.3 Å². The summed E-state index contributed by atoms with van der Waals surface area (Å²) in [5, 5.41) is 10.0. The van der Waals surface area contributed by atoms with Crippen molar-refractivity contribution in [3.8, 4) is 17.1 Å². The molecular formula is C31H33ClN2O5. The number of esters is 1. The molecular weight excluding hydrogens is 516 g/mol. The fourth-order valence-corrected chi connectivity index (χ4v) is 4.71. The van der Waals surface area contributed by atoms with Gasteiger partial charge >= 0.3 is 5.97 Å². The average Bonchev–Trinajstić information content (AvgIpc) is 3.34. The van der Waals surface area contributed by atoms with Crippen LogP contribution in [0.1, 0.15) is 59.9 Å². The minimum absolute atomic E-state index is 0.00469.